The molecule has 46 heavy (non-hydrogen) atoms. The molecule has 0 saturated heterocycles. The van der Waals surface area contributed by atoms with E-state index < -0.39 is 53.5 Å². The summed E-state index contributed by atoms with van der Waals surface area (Å²) in [5.74, 6) is -2.96. The third-order valence-electron chi connectivity index (χ3n) is 8.22. The SMILES string of the molecule is Cc1ccc(C)c(-c2cc(C)c(F)c(C(CC(=O)O)NC(=O)C(CC(C)C)n3cc(CCN(C)C)c(C(F)(F)F)cc3=O)c2)c1C. The van der Waals surface area contributed by atoms with Gasteiger partial charge < -0.3 is 19.9 Å². The van der Waals surface area contributed by atoms with E-state index >= 15 is 4.39 Å². The number of rotatable bonds is 12. The van der Waals surface area contributed by atoms with Crippen molar-refractivity contribution in [1.82, 2.24) is 14.8 Å². The van der Waals surface area contributed by atoms with Crippen LogP contribution in [0, 0.1) is 39.4 Å². The number of halogens is 4. The Bertz CT molecular complexity index is 1660. The Balaban J connectivity index is 2.16. The van der Waals surface area contributed by atoms with Gasteiger partial charge in [-0.05, 0) is 112 Å². The lowest BCUT2D eigenvalue weighted by Crippen LogP contribution is -2.41. The summed E-state index contributed by atoms with van der Waals surface area (Å²) in [7, 11) is 3.41. The van der Waals surface area contributed by atoms with Gasteiger partial charge in [0.15, 0.2) is 0 Å². The van der Waals surface area contributed by atoms with Gasteiger partial charge in [-0.25, -0.2) is 4.39 Å². The highest BCUT2D eigenvalue weighted by Gasteiger charge is 2.36. The van der Waals surface area contributed by atoms with Gasteiger partial charge in [-0.2, -0.15) is 13.2 Å². The van der Waals surface area contributed by atoms with Crippen molar-refractivity contribution in [2.24, 2.45) is 5.92 Å². The lowest BCUT2D eigenvalue weighted by Gasteiger charge is -2.27. The van der Waals surface area contributed by atoms with Crippen LogP contribution in [0.4, 0.5) is 17.6 Å². The summed E-state index contributed by atoms with van der Waals surface area (Å²) in [6.45, 7) is 11.2. The molecular weight excluding hydrogens is 602 g/mol. The highest BCUT2D eigenvalue weighted by atomic mass is 19.4. The van der Waals surface area contributed by atoms with Gasteiger partial charge in [0.25, 0.3) is 5.56 Å². The van der Waals surface area contributed by atoms with Crippen molar-refractivity contribution in [3.05, 3.63) is 91.6 Å². The van der Waals surface area contributed by atoms with Crippen LogP contribution in [-0.2, 0) is 22.2 Å². The van der Waals surface area contributed by atoms with Crippen LogP contribution in [0.15, 0.2) is 41.3 Å². The van der Waals surface area contributed by atoms with Crippen molar-refractivity contribution in [1.29, 1.82) is 0 Å². The summed E-state index contributed by atoms with van der Waals surface area (Å²) < 4.78 is 58.5. The maximum Gasteiger partial charge on any atom is 0.416 e. The molecule has 3 aromatic rings. The van der Waals surface area contributed by atoms with Crippen molar-refractivity contribution >= 4 is 11.9 Å². The second-order valence-corrected chi connectivity index (χ2v) is 12.7. The van der Waals surface area contributed by atoms with Gasteiger partial charge in [0, 0.05) is 24.4 Å². The van der Waals surface area contributed by atoms with Crippen molar-refractivity contribution < 1.29 is 32.3 Å². The number of carboxylic acids is 1. The van der Waals surface area contributed by atoms with Crippen LogP contribution in [0.25, 0.3) is 11.1 Å². The zero-order valence-electron chi connectivity index (χ0n) is 27.6. The maximum absolute atomic E-state index is 15.8. The molecule has 2 atom stereocenters. The normalized spacial score (nSPS) is 13.3. The van der Waals surface area contributed by atoms with E-state index in [4.69, 9.17) is 0 Å². The largest absolute Gasteiger partial charge is 0.481 e. The number of aliphatic carboxylic acids is 1. The summed E-state index contributed by atoms with van der Waals surface area (Å²) in [4.78, 5) is 40.8. The molecule has 0 spiro atoms. The molecule has 0 aliphatic heterocycles. The molecule has 0 aliphatic carbocycles. The predicted octanol–water partition coefficient (Wildman–Crippen LogP) is 6.93. The smallest absolute Gasteiger partial charge is 0.416 e. The molecule has 0 saturated carbocycles. The van der Waals surface area contributed by atoms with Gasteiger partial charge in [-0.1, -0.05) is 26.0 Å². The average molecular weight is 646 g/mol. The number of benzene rings is 2. The van der Waals surface area contributed by atoms with E-state index in [2.05, 4.69) is 5.32 Å². The summed E-state index contributed by atoms with van der Waals surface area (Å²) in [5, 5.41) is 12.4. The van der Waals surface area contributed by atoms with Crippen LogP contribution in [0.2, 0.25) is 0 Å². The number of carbonyl (C=O) groups is 2. The molecule has 0 bridgehead atoms. The molecule has 3 rings (SSSR count). The summed E-state index contributed by atoms with van der Waals surface area (Å²) >= 11 is 0. The number of hydrogen-bond donors (Lipinski definition) is 2. The van der Waals surface area contributed by atoms with E-state index in [1.165, 1.54) is 6.07 Å². The first-order chi connectivity index (χ1) is 21.3. The Morgan fingerprint density at radius 1 is 1.00 bits per heavy atom. The zero-order chi connectivity index (χ0) is 34.7. The Labute approximate surface area is 267 Å². The van der Waals surface area contributed by atoms with E-state index in [-0.39, 0.29) is 42.0 Å². The Hall–Kier alpha value is -3.99. The van der Waals surface area contributed by atoms with Crippen LogP contribution in [0.5, 0.6) is 0 Å². The number of carbonyl (C=O) groups excluding carboxylic acids is 1. The van der Waals surface area contributed by atoms with E-state index in [0.29, 0.717) is 11.6 Å². The average Bonchev–Trinajstić information content (AvgIpc) is 2.93. The molecule has 2 N–H and O–H groups in total. The number of pyridine rings is 1. The number of alkyl halides is 3. The number of hydrogen-bond acceptors (Lipinski definition) is 4. The molecule has 2 aromatic carbocycles. The quantitative estimate of drug-likeness (QED) is 0.209. The Kier molecular flexibility index (Phi) is 11.6. The van der Waals surface area contributed by atoms with Crippen molar-refractivity contribution in [2.45, 2.75) is 79.1 Å². The highest BCUT2D eigenvalue weighted by molar-refractivity contribution is 5.82. The van der Waals surface area contributed by atoms with Crippen LogP contribution in [0.3, 0.4) is 0 Å². The molecule has 7 nitrogen and oxygen atoms in total. The van der Waals surface area contributed by atoms with Gasteiger partial charge >= 0.3 is 12.1 Å². The number of carboxylic acid groups (broad SMARTS) is 1. The van der Waals surface area contributed by atoms with Crippen LogP contribution >= 0.6 is 0 Å². The number of likely N-dealkylation sites (N-methyl/N-ethyl adjacent to an activating group) is 1. The number of amides is 1. The lowest BCUT2D eigenvalue weighted by molar-refractivity contribution is -0.139. The number of nitrogens with one attached hydrogen (secondary N) is 1. The van der Waals surface area contributed by atoms with Crippen LogP contribution in [-0.4, -0.2) is 47.1 Å². The molecule has 0 aliphatic rings. The van der Waals surface area contributed by atoms with E-state index in [1.54, 1.807) is 45.8 Å². The Morgan fingerprint density at radius 3 is 2.20 bits per heavy atom. The van der Waals surface area contributed by atoms with Gasteiger partial charge in [-0.15, -0.1) is 0 Å². The fraction of sp³-hybridized carbons (Fsp3) is 0.457. The number of aryl methyl sites for hydroxylation is 3. The van der Waals surface area contributed by atoms with Crippen molar-refractivity contribution in [3.8, 4) is 11.1 Å². The topological polar surface area (TPSA) is 91.6 Å². The zero-order valence-corrected chi connectivity index (χ0v) is 27.6. The van der Waals surface area contributed by atoms with Crippen molar-refractivity contribution in [2.75, 3.05) is 20.6 Å². The molecule has 0 radical (unpaired) electrons. The molecule has 1 amide bonds. The molecule has 11 heteroatoms. The molecule has 1 heterocycles. The van der Waals surface area contributed by atoms with Gasteiger partial charge in [0.1, 0.15) is 11.9 Å². The Morgan fingerprint density at radius 2 is 1.63 bits per heavy atom. The van der Waals surface area contributed by atoms with Crippen LogP contribution < -0.4 is 10.9 Å². The standard InChI is InChI=1S/C35H43F4N3O4/c1-19(2)13-29(42-18-24(11-12-41(7)8)27(16-30(42)43)35(37,38)39)34(46)40-28(17-31(44)45)26-15-25(14-22(5)33(26)36)32-21(4)10-9-20(3)23(32)6/h9-10,14-16,18-19,28-29H,11-13,17H2,1-8H3,(H,40,46)(H,44,45). The summed E-state index contributed by atoms with van der Waals surface area (Å²) in [6.07, 6.45) is -4.34. The first kappa shape index (κ1) is 36.5. The lowest BCUT2D eigenvalue weighted by atomic mass is 9.89. The van der Waals surface area contributed by atoms with Crippen molar-refractivity contribution in [3.63, 3.8) is 0 Å². The van der Waals surface area contributed by atoms with Gasteiger partial charge in [0.2, 0.25) is 5.91 Å². The monoisotopic (exact) mass is 645 g/mol. The maximum atomic E-state index is 15.8. The third-order valence-corrected chi connectivity index (χ3v) is 8.22. The minimum absolute atomic E-state index is 0.0329. The molecule has 2 unspecified atom stereocenters. The fourth-order valence-corrected chi connectivity index (χ4v) is 5.71. The molecule has 250 valence electrons. The van der Waals surface area contributed by atoms with E-state index in [0.717, 1.165) is 33.0 Å². The number of aromatic nitrogens is 1. The second-order valence-electron chi connectivity index (χ2n) is 12.7. The van der Waals surface area contributed by atoms with E-state index in [1.807, 2.05) is 32.9 Å². The summed E-state index contributed by atoms with van der Waals surface area (Å²) in [5.41, 5.74) is 2.41. The highest BCUT2D eigenvalue weighted by Crippen LogP contribution is 2.35. The summed E-state index contributed by atoms with van der Waals surface area (Å²) in [6, 6.07) is 5.01. The minimum Gasteiger partial charge on any atom is -0.481 e. The molecular formula is C35H43F4N3O4. The second kappa shape index (κ2) is 14.6. The van der Waals surface area contributed by atoms with E-state index in [9.17, 15) is 32.7 Å². The van der Waals surface area contributed by atoms with Gasteiger partial charge in [-0.3, -0.25) is 14.4 Å². The minimum atomic E-state index is -4.78. The molecule has 0 fully saturated rings. The predicted molar refractivity (Wildman–Crippen MR) is 170 cm³/mol. The first-order valence-corrected chi connectivity index (χ1v) is 15.2. The molecule has 1 aromatic heterocycles. The van der Waals surface area contributed by atoms with Crippen LogP contribution in [0.1, 0.15) is 77.7 Å². The first-order valence-electron chi connectivity index (χ1n) is 15.2. The fourth-order valence-electron chi connectivity index (χ4n) is 5.71. The number of nitrogens with zero attached hydrogens (tertiary/aromatic N) is 2. The third kappa shape index (κ3) is 8.63. The van der Waals surface area contributed by atoms with Gasteiger partial charge in [0.05, 0.1) is 18.0 Å².